The van der Waals surface area contributed by atoms with Gasteiger partial charge in [-0.2, -0.15) is 5.10 Å². The summed E-state index contributed by atoms with van der Waals surface area (Å²) in [6.45, 7) is 3.16. The molecule has 0 heterocycles. The van der Waals surface area contributed by atoms with Crippen LogP contribution < -0.4 is 20.6 Å². The molecule has 0 aliphatic carbocycles. The number of hydrazone groups is 1. The first kappa shape index (κ1) is 20.9. The lowest BCUT2D eigenvalue weighted by Crippen LogP contribution is -2.32. The summed E-state index contributed by atoms with van der Waals surface area (Å²) in [7, 11) is 0. The van der Waals surface area contributed by atoms with Crippen LogP contribution in [0.1, 0.15) is 16.7 Å². The summed E-state index contributed by atoms with van der Waals surface area (Å²) in [6, 6.07) is 9.66. The monoisotopic (exact) mass is 402 g/mol. The summed E-state index contributed by atoms with van der Waals surface area (Å²) < 4.78 is 5.05. The number of amides is 2. The highest BCUT2D eigenvalue weighted by molar-refractivity contribution is 6.39. The predicted octanol–water partition coefficient (Wildman–Crippen LogP) is 1.17. The maximum Gasteiger partial charge on any atom is 0.329 e. The molecule has 2 N–H and O–H groups in total. The molecule has 9 heteroatoms. The molecule has 2 aromatic carbocycles. The molecule has 8 nitrogen and oxygen atoms in total. The van der Waals surface area contributed by atoms with Crippen molar-refractivity contribution >= 4 is 41.3 Å². The number of carboxylic acid groups (broad SMARTS) is 1. The van der Waals surface area contributed by atoms with Crippen LogP contribution in [0.3, 0.4) is 0 Å². The Labute approximate surface area is 166 Å². The van der Waals surface area contributed by atoms with Gasteiger partial charge in [0.05, 0.1) is 12.2 Å². The van der Waals surface area contributed by atoms with Gasteiger partial charge in [-0.1, -0.05) is 17.7 Å². The Kier molecular flexibility index (Phi) is 7.11. The molecule has 0 unspecified atom stereocenters. The van der Waals surface area contributed by atoms with Crippen molar-refractivity contribution < 1.29 is 24.2 Å². The van der Waals surface area contributed by atoms with Gasteiger partial charge in [-0.15, -0.1) is 0 Å². The SMILES string of the molecule is Cc1ccc(NC(=O)C(=O)N/N=C\c2cc(Cl)ccc2OCC(=O)[O-])cc1C. The van der Waals surface area contributed by atoms with E-state index >= 15 is 0 Å². The summed E-state index contributed by atoms with van der Waals surface area (Å²) in [4.78, 5) is 34.3. The third kappa shape index (κ3) is 6.10. The number of nitrogens with one attached hydrogen (secondary N) is 2. The largest absolute Gasteiger partial charge is 0.546 e. The molecule has 0 spiro atoms. The summed E-state index contributed by atoms with van der Waals surface area (Å²) >= 11 is 5.89. The molecule has 2 amide bonds. The maximum absolute atomic E-state index is 11.9. The first-order valence-electron chi connectivity index (χ1n) is 8.10. The maximum atomic E-state index is 11.9. The van der Waals surface area contributed by atoms with E-state index in [1.807, 2.05) is 19.9 Å². The normalized spacial score (nSPS) is 10.5. The molecule has 146 valence electrons. The predicted molar refractivity (Wildman–Crippen MR) is 102 cm³/mol. The van der Waals surface area contributed by atoms with Crippen LogP contribution in [0.4, 0.5) is 5.69 Å². The first-order valence-corrected chi connectivity index (χ1v) is 8.48. The van der Waals surface area contributed by atoms with Gasteiger partial charge in [0, 0.05) is 16.3 Å². The quantitative estimate of drug-likeness (QED) is 0.427. The Morgan fingerprint density at radius 1 is 1.11 bits per heavy atom. The molecule has 0 saturated heterocycles. The number of benzene rings is 2. The zero-order valence-corrected chi connectivity index (χ0v) is 15.9. The fraction of sp³-hybridized carbons (Fsp3) is 0.158. The molecular formula is C19H17ClN3O5-. The van der Waals surface area contributed by atoms with E-state index in [1.165, 1.54) is 24.4 Å². The zero-order valence-electron chi connectivity index (χ0n) is 15.1. The second-order valence-electron chi connectivity index (χ2n) is 5.80. The first-order chi connectivity index (χ1) is 13.3. The highest BCUT2D eigenvalue weighted by Gasteiger charge is 2.13. The van der Waals surface area contributed by atoms with Crippen LogP contribution in [0.2, 0.25) is 5.02 Å². The highest BCUT2D eigenvalue weighted by Crippen LogP contribution is 2.21. The number of nitrogens with zero attached hydrogens (tertiary/aromatic N) is 1. The number of aliphatic carboxylic acids is 1. The van der Waals surface area contributed by atoms with Crippen molar-refractivity contribution in [1.29, 1.82) is 0 Å². The lowest BCUT2D eigenvalue weighted by molar-refractivity contribution is -0.307. The van der Waals surface area contributed by atoms with Gasteiger partial charge >= 0.3 is 11.8 Å². The van der Waals surface area contributed by atoms with E-state index in [1.54, 1.807) is 12.1 Å². The highest BCUT2D eigenvalue weighted by atomic mass is 35.5. The smallest absolute Gasteiger partial charge is 0.329 e. The van der Waals surface area contributed by atoms with E-state index in [9.17, 15) is 19.5 Å². The number of carbonyl (C=O) groups is 3. The van der Waals surface area contributed by atoms with Crippen LogP contribution in [-0.4, -0.2) is 30.6 Å². The van der Waals surface area contributed by atoms with Crippen LogP contribution in [0.25, 0.3) is 0 Å². The van der Waals surface area contributed by atoms with Crippen LogP contribution >= 0.6 is 11.6 Å². The number of anilines is 1. The van der Waals surface area contributed by atoms with Gasteiger partial charge in [-0.05, 0) is 55.3 Å². The molecule has 2 aromatic rings. The zero-order chi connectivity index (χ0) is 20.7. The van der Waals surface area contributed by atoms with Gasteiger partial charge < -0.3 is 20.0 Å². The number of halogens is 1. The average molecular weight is 403 g/mol. The van der Waals surface area contributed by atoms with Crippen LogP contribution in [-0.2, 0) is 14.4 Å². The third-order valence-corrected chi connectivity index (χ3v) is 3.89. The lowest BCUT2D eigenvalue weighted by Gasteiger charge is -2.09. The van der Waals surface area contributed by atoms with Gasteiger partial charge in [0.2, 0.25) is 0 Å². The number of hydrogen-bond acceptors (Lipinski definition) is 6. The molecule has 0 saturated carbocycles. The minimum atomic E-state index is -1.39. The summed E-state index contributed by atoms with van der Waals surface area (Å²) in [5.74, 6) is -3.09. The van der Waals surface area contributed by atoms with Crippen LogP contribution in [0.15, 0.2) is 41.5 Å². The minimum absolute atomic E-state index is 0.172. The molecule has 0 atom stereocenters. The van der Waals surface area contributed by atoms with Gasteiger partial charge in [0.15, 0.2) is 0 Å². The number of carboxylic acids is 1. The average Bonchev–Trinajstić information content (AvgIpc) is 2.63. The van der Waals surface area contributed by atoms with Crippen molar-refractivity contribution in [2.24, 2.45) is 5.10 Å². The Bertz CT molecular complexity index is 943. The van der Waals surface area contributed by atoms with Gasteiger partial charge in [0.25, 0.3) is 0 Å². The standard InChI is InChI=1S/C19H18ClN3O5/c1-11-3-5-15(7-12(11)2)22-18(26)19(27)23-21-9-13-8-14(20)4-6-16(13)28-10-17(24)25/h3-9H,10H2,1-2H3,(H,22,26)(H,23,27)(H,24,25)/p-1/b21-9-. The topological polar surface area (TPSA) is 120 Å². The molecule has 0 aliphatic rings. The molecule has 0 bridgehead atoms. The second-order valence-corrected chi connectivity index (χ2v) is 6.23. The van der Waals surface area contributed by atoms with Crippen molar-refractivity contribution in [3.8, 4) is 5.75 Å². The number of ether oxygens (including phenoxy) is 1. The number of carbonyl (C=O) groups excluding carboxylic acids is 3. The van der Waals surface area contributed by atoms with E-state index in [4.69, 9.17) is 16.3 Å². The minimum Gasteiger partial charge on any atom is -0.546 e. The molecule has 28 heavy (non-hydrogen) atoms. The van der Waals surface area contributed by atoms with E-state index in [0.29, 0.717) is 16.3 Å². The van der Waals surface area contributed by atoms with E-state index in [-0.39, 0.29) is 5.75 Å². The van der Waals surface area contributed by atoms with Crippen molar-refractivity contribution in [2.45, 2.75) is 13.8 Å². The molecule has 0 aromatic heterocycles. The Balaban J connectivity index is 2.00. The molecular weight excluding hydrogens is 386 g/mol. The molecule has 0 fully saturated rings. The van der Waals surface area contributed by atoms with Crippen molar-refractivity contribution in [3.05, 3.63) is 58.1 Å². The van der Waals surface area contributed by atoms with E-state index < -0.39 is 24.4 Å². The second kappa shape index (κ2) is 9.52. The number of rotatable bonds is 6. The summed E-state index contributed by atoms with van der Waals surface area (Å²) in [6.07, 6.45) is 1.18. The Morgan fingerprint density at radius 3 is 2.54 bits per heavy atom. The van der Waals surface area contributed by atoms with Gasteiger partial charge in [-0.3, -0.25) is 9.59 Å². The molecule has 0 radical (unpaired) electrons. The van der Waals surface area contributed by atoms with Crippen LogP contribution in [0.5, 0.6) is 5.75 Å². The molecule has 0 aliphatic heterocycles. The van der Waals surface area contributed by atoms with Crippen LogP contribution in [0, 0.1) is 13.8 Å². The fourth-order valence-electron chi connectivity index (χ4n) is 2.11. The Hall–Kier alpha value is -3.39. The third-order valence-electron chi connectivity index (χ3n) is 3.66. The molecule has 2 rings (SSSR count). The van der Waals surface area contributed by atoms with E-state index in [0.717, 1.165) is 11.1 Å². The summed E-state index contributed by atoms with van der Waals surface area (Å²) in [5, 5.41) is 17.0. The van der Waals surface area contributed by atoms with Crippen molar-refractivity contribution in [2.75, 3.05) is 11.9 Å². The summed E-state index contributed by atoms with van der Waals surface area (Å²) in [5.41, 5.74) is 4.91. The number of hydrogen-bond donors (Lipinski definition) is 2. The number of aryl methyl sites for hydroxylation is 2. The van der Waals surface area contributed by atoms with Gasteiger partial charge in [-0.25, -0.2) is 5.43 Å². The lowest BCUT2D eigenvalue weighted by atomic mass is 10.1. The fourth-order valence-corrected chi connectivity index (χ4v) is 2.29. The van der Waals surface area contributed by atoms with Crippen molar-refractivity contribution in [3.63, 3.8) is 0 Å². The van der Waals surface area contributed by atoms with Crippen molar-refractivity contribution in [1.82, 2.24) is 5.43 Å². The Morgan fingerprint density at radius 2 is 1.86 bits per heavy atom. The van der Waals surface area contributed by atoms with Gasteiger partial charge in [0.1, 0.15) is 12.4 Å². The van der Waals surface area contributed by atoms with E-state index in [2.05, 4.69) is 15.8 Å².